The maximum absolute atomic E-state index is 11.8. The maximum Gasteiger partial charge on any atom is 0.224 e. The quantitative estimate of drug-likeness (QED) is 0.609. The van der Waals surface area contributed by atoms with Crippen molar-refractivity contribution in [3.8, 4) is 0 Å². The summed E-state index contributed by atoms with van der Waals surface area (Å²) >= 11 is 0. The Morgan fingerprint density at radius 3 is 2.93 bits per heavy atom. The highest BCUT2D eigenvalue weighted by Crippen LogP contribution is 2.15. The van der Waals surface area contributed by atoms with Crippen molar-refractivity contribution in [2.24, 2.45) is 11.8 Å². The molecule has 3 unspecified atom stereocenters. The first-order valence-electron chi connectivity index (χ1n) is 5.77. The van der Waals surface area contributed by atoms with E-state index in [4.69, 9.17) is 5.11 Å². The smallest absolute Gasteiger partial charge is 0.224 e. The van der Waals surface area contributed by atoms with Crippen LogP contribution in [0.5, 0.6) is 0 Å². The van der Waals surface area contributed by atoms with Gasteiger partial charge < -0.3 is 15.7 Å². The molecule has 0 spiro atoms. The number of carbonyl (C=O) groups excluding carboxylic acids is 1. The molecule has 0 radical (unpaired) electrons. The fraction of sp³-hybridized carbons (Fsp3) is 0.909. The highest BCUT2D eigenvalue weighted by atomic mass is 16.3. The normalized spacial score (nSPS) is 27.7. The number of carbonyl (C=O) groups is 1. The van der Waals surface area contributed by atoms with Gasteiger partial charge in [0.15, 0.2) is 0 Å². The lowest BCUT2D eigenvalue weighted by Crippen LogP contribution is -2.38. The fourth-order valence-corrected chi connectivity index (χ4v) is 1.95. The van der Waals surface area contributed by atoms with Crippen molar-refractivity contribution in [2.75, 3.05) is 19.7 Å². The van der Waals surface area contributed by atoms with Gasteiger partial charge in [0.05, 0.1) is 5.92 Å². The Labute approximate surface area is 91.4 Å². The third-order valence-electron chi connectivity index (χ3n) is 3.11. The molecule has 1 rings (SSSR count). The first kappa shape index (κ1) is 12.5. The van der Waals surface area contributed by atoms with E-state index >= 15 is 0 Å². The van der Waals surface area contributed by atoms with Gasteiger partial charge in [-0.2, -0.15) is 0 Å². The van der Waals surface area contributed by atoms with Crippen LogP contribution in [0.15, 0.2) is 0 Å². The van der Waals surface area contributed by atoms with E-state index in [-0.39, 0.29) is 24.5 Å². The summed E-state index contributed by atoms with van der Waals surface area (Å²) in [6.07, 6.45) is 1.68. The molecule has 0 aromatic heterocycles. The van der Waals surface area contributed by atoms with Crippen LogP contribution in [-0.2, 0) is 4.79 Å². The van der Waals surface area contributed by atoms with Crippen LogP contribution in [0.3, 0.4) is 0 Å². The highest BCUT2D eigenvalue weighted by Gasteiger charge is 2.29. The summed E-state index contributed by atoms with van der Waals surface area (Å²) in [5.41, 5.74) is 0. The van der Waals surface area contributed by atoms with Gasteiger partial charge in [-0.05, 0) is 32.2 Å². The third-order valence-corrected chi connectivity index (χ3v) is 3.11. The van der Waals surface area contributed by atoms with Crippen molar-refractivity contribution in [3.63, 3.8) is 0 Å². The molecule has 4 nitrogen and oxygen atoms in total. The zero-order valence-electron chi connectivity index (χ0n) is 9.62. The van der Waals surface area contributed by atoms with Gasteiger partial charge in [0.2, 0.25) is 5.91 Å². The lowest BCUT2D eigenvalue weighted by molar-refractivity contribution is -0.125. The molecule has 1 fully saturated rings. The number of hydrogen-bond acceptors (Lipinski definition) is 3. The SMILES string of the molecule is CC(CCO)CNC(=O)C1CCNC1C. The van der Waals surface area contributed by atoms with E-state index in [1.165, 1.54) is 0 Å². The molecule has 4 heteroatoms. The van der Waals surface area contributed by atoms with Crippen LogP contribution < -0.4 is 10.6 Å². The van der Waals surface area contributed by atoms with Gasteiger partial charge in [0, 0.05) is 19.2 Å². The van der Waals surface area contributed by atoms with Crippen molar-refractivity contribution < 1.29 is 9.90 Å². The predicted molar refractivity (Wildman–Crippen MR) is 59.4 cm³/mol. The molecule has 1 aliphatic rings. The van der Waals surface area contributed by atoms with Gasteiger partial charge in [0.25, 0.3) is 0 Å². The van der Waals surface area contributed by atoms with Crippen LogP contribution in [0.2, 0.25) is 0 Å². The number of amides is 1. The summed E-state index contributed by atoms with van der Waals surface area (Å²) in [6, 6.07) is 0.290. The van der Waals surface area contributed by atoms with E-state index < -0.39 is 0 Å². The van der Waals surface area contributed by atoms with E-state index in [0.29, 0.717) is 12.5 Å². The molecule has 3 atom stereocenters. The Balaban J connectivity index is 2.23. The molecule has 15 heavy (non-hydrogen) atoms. The molecule has 0 bridgehead atoms. The van der Waals surface area contributed by atoms with Crippen LogP contribution in [0.1, 0.15) is 26.7 Å². The van der Waals surface area contributed by atoms with Crippen LogP contribution in [0, 0.1) is 11.8 Å². The van der Waals surface area contributed by atoms with Gasteiger partial charge in [-0.15, -0.1) is 0 Å². The minimum absolute atomic E-state index is 0.117. The maximum atomic E-state index is 11.8. The van der Waals surface area contributed by atoms with E-state index in [2.05, 4.69) is 10.6 Å². The minimum atomic E-state index is 0.117. The number of hydrogen-bond donors (Lipinski definition) is 3. The Morgan fingerprint density at radius 2 is 2.40 bits per heavy atom. The number of aliphatic hydroxyl groups excluding tert-OH is 1. The van der Waals surface area contributed by atoms with Gasteiger partial charge in [0.1, 0.15) is 0 Å². The van der Waals surface area contributed by atoms with Gasteiger partial charge in [-0.1, -0.05) is 6.92 Å². The van der Waals surface area contributed by atoms with Crippen molar-refractivity contribution in [1.82, 2.24) is 10.6 Å². The minimum Gasteiger partial charge on any atom is -0.396 e. The summed E-state index contributed by atoms with van der Waals surface area (Å²) in [5.74, 6) is 0.618. The summed E-state index contributed by atoms with van der Waals surface area (Å²) in [7, 11) is 0. The molecule has 0 aromatic carbocycles. The molecule has 0 aliphatic carbocycles. The van der Waals surface area contributed by atoms with Crippen molar-refractivity contribution >= 4 is 5.91 Å². The largest absolute Gasteiger partial charge is 0.396 e. The molecule has 3 N–H and O–H groups in total. The molecule has 1 heterocycles. The molecule has 0 aromatic rings. The number of nitrogens with one attached hydrogen (secondary N) is 2. The second-order valence-electron chi connectivity index (χ2n) is 4.50. The molecule has 0 saturated carbocycles. The fourth-order valence-electron chi connectivity index (χ4n) is 1.95. The second kappa shape index (κ2) is 6.08. The first-order valence-corrected chi connectivity index (χ1v) is 5.77. The molecular weight excluding hydrogens is 192 g/mol. The lowest BCUT2D eigenvalue weighted by atomic mass is 10.0. The summed E-state index contributed by atoms with van der Waals surface area (Å²) in [4.78, 5) is 11.8. The van der Waals surface area contributed by atoms with Crippen molar-refractivity contribution in [1.29, 1.82) is 0 Å². The van der Waals surface area contributed by atoms with Crippen molar-refractivity contribution in [2.45, 2.75) is 32.7 Å². The zero-order valence-corrected chi connectivity index (χ0v) is 9.62. The summed E-state index contributed by atoms with van der Waals surface area (Å²) in [5, 5.41) is 14.9. The third kappa shape index (κ3) is 3.80. The van der Waals surface area contributed by atoms with Crippen LogP contribution in [0.25, 0.3) is 0 Å². The van der Waals surface area contributed by atoms with Gasteiger partial charge in [-0.25, -0.2) is 0 Å². The topological polar surface area (TPSA) is 61.4 Å². The van der Waals surface area contributed by atoms with E-state index in [1.54, 1.807) is 0 Å². The Hall–Kier alpha value is -0.610. The Kier molecular flexibility index (Phi) is 5.05. The Morgan fingerprint density at radius 1 is 1.67 bits per heavy atom. The van der Waals surface area contributed by atoms with Crippen LogP contribution >= 0.6 is 0 Å². The highest BCUT2D eigenvalue weighted by molar-refractivity contribution is 5.79. The predicted octanol–water partition coefficient (Wildman–Crippen LogP) is 0.119. The summed E-state index contributed by atoms with van der Waals surface area (Å²) < 4.78 is 0. The van der Waals surface area contributed by atoms with Crippen molar-refractivity contribution in [3.05, 3.63) is 0 Å². The lowest BCUT2D eigenvalue weighted by Gasteiger charge is -2.17. The van der Waals surface area contributed by atoms with Gasteiger partial charge >= 0.3 is 0 Å². The molecule has 1 amide bonds. The standard InChI is InChI=1S/C11H22N2O2/c1-8(4-6-14)7-13-11(15)10-3-5-12-9(10)2/h8-10,12,14H,3-7H2,1-2H3,(H,13,15). The molecule has 1 saturated heterocycles. The summed E-state index contributed by atoms with van der Waals surface area (Å²) in [6.45, 7) is 5.88. The Bertz CT molecular complexity index is 209. The molecular formula is C11H22N2O2. The monoisotopic (exact) mass is 214 g/mol. The second-order valence-corrected chi connectivity index (χ2v) is 4.50. The van der Waals surface area contributed by atoms with Crippen LogP contribution in [-0.4, -0.2) is 36.8 Å². The average Bonchev–Trinajstić information content (AvgIpc) is 2.61. The van der Waals surface area contributed by atoms with E-state index in [1.807, 2.05) is 13.8 Å². The van der Waals surface area contributed by atoms with E-state index in [9.17, 15) is 4.79 Å². The number of rotatable bonds is 5. The number of aliphatic hydroxyl groups is 1. The van der Waals surface area contributed by atoms with E-state index in [0.717, 1.165) is 19.4 Å². The van der Waals surface area contributed by atoms with Gasteiger partial charge in [-0.3, -0.25) is 4.79 Å². The zero-order chi connectivity index (χ0) is 11.3. The first-order chi connectivity index (χ1) is 7.15. The average molecular weight is 214 g/mol. The molecule has 1 aliphatic heterocycles. The van der Waals surface area contributed by atoms with Crippen LogP contribution in [0.4, 0.5) is 0 Å². The molecule has 88 valence electrons.